The van der Waals surface area contributed by atoms with Crippen molar-refractivity contribution in [3.05, 3.63) is 0 Å². The molecule has 66 valence electrons. The Morgan fingerprint density at radius 2 is 2.36 bits per heavy atom. The van der Waals surface area contributed by atoms with Crippen LogP contribution in [0.3, 0.4) is 0 Å². The topological polar surface area (TPSA) is 72.6 Å². The van der Waals surface area contributed by atoms with Gasteiger partial charge in [0, 0.05) is 6.42 Å². The predicted molar refractivity (Wildman–Crippen MR) is 41.7 cm³/mol. The van der Waals surface area contributed by atoms with Crippen molar-refractivity contribution in [1.82, 2.24) is 0 Å². The molecule has 0 aromatic carbocycles. The van der Waals surface area contributed by atoms with E-state index in [2.05, 4.69) is 0 Å². The molecule has 1 unspecified atom stereocenters. The van der Waals surface area contributed by atoms with Crippen molar-refractivity contribution in [2.45, 2.75) is 18.6 Å². The molecule has 5 heteroatoms. The molecule has 0 spiro atoms. The number of aliphatic hydroxyl groups is 1. The third kappa shape index (κ3) is 2.75. The Morgan fingerprint density at radius 1 is 1.73 bits per heavy atom. The van der Waals surface area contributed by atoms with E-state index >= 15 is 0 Å². The Morgan fingerprint density at radius 3 is 2.82 bits per heavy atom. The molecule has 1 aliphatic heterocycles. The fourth-order valence-corrected chi connectivity index (χ4v) is 0.885. The van der Waals surface area contributed by atoms with Crippen LogP contribution in [-0.2, 0) is 9.53 Å². The summed E-state index contributed by atoms with van der Waals surface area (Å²) in [4.78, 5) is 10.8. The average Bonchev–Trinajstić information content (AvgIpc) is 1.95. The standard InChI is InChI=1S/C6H11NO3.ClH/c7-5-3-10-4(2-8)1-6(5)9;/h4-5,8H,1-3,7H2;1H/t4-,5?;/m0./s1. The molecule has 0 aromatic heterocycles. The highest BCUT2D eigenvalue weighted by Gasteiger charge is 2.25. The van der Waals surface area contributed by atoms with Crippen LogP contribution < -0.4 is 5.73 Å². The summed E-state index contributed by atoms with van der Waals surface area (Å²) < 4.78 is 5.01. The summed E-state index contributed by atoms with van der Waals surface area (Å²) in [6.45, 7) is 0.141. The lowest BCUT2D eigenvalue weighted by molar-refractivity contribution is -0.132. The summed E-state index contributed by atoms with van der Waals surface area (Å²) >= 11 is 0. The van der Waals surface area contributed by atoms with Gasteiger partial charge in [-0.3, -0.25) is 4.79 Å². The van der Waals surface area contributed by atoms with Crippen LogP contribution in [0.5, 0.6) is 0 Å². The first-order valence-corrected chi connectivity index (χ1v) is 3.25. The van der Waals surface area contributed by atoms with E-state index in [0.717, 1.165) is 0 Å². The second-order valence-corrected chi connectivity index (χ2v) is 2.41. The highest BCUT2D eigenvalue weighted by atomic mass is 35.5. The van der Waals surface area contributed by atoms with E-state index < -0.39 is 6.04 Å². The van der Waals surface area contributed by atoms with Gasteiger partial charge in [-0.2, -0.15) is 0 Å². The van der Waals surface area contributed by atoms with Crippen molar-refractivity contribution in [2.75, 3.05) is 13.2 Å². The second kappa shape index (κ2) is 4.66. The number of aliphatic hydroxyl groups excluding tert-OH is 1. The number of carbonyl (C=O) groups is 1. The minimum atomic E-state index is -0.484. The smallest absolute Gasteiger partial charge is 0.154 e. The monoisotopic (exact) mass is 181 g/mol. The molecular formula is C6H12ClNO3. The summed E-state index contributed by atoms with van der Waals surface area (Å²) in [6, 6.07) is -0.484. The lowest BCUT2D eigenvalue weighted by Crippen LogP contribution is -2.44. The second-order valence-electron chi connectivity index (χ2n) is 2.41. The third-order valence-corrected chi connectivity index (χ3v) is 1.56. The van der Waals surface area contributed by atoms with E-state index in [4.69, 9.17) is 15.6 Å². The molecule has 0 aromatic rings. The Hall–Kier alpha value is -0.160. The molecule has 0 amide bonds. The molecule has 1 aliphatic rings. The van der Waals surface area contributed by atoms with Crippen molar-refractivity contribution < 1.29 is 14.6 Å². The molecule has 1 saturated heterocycles. The van der Waals surface area contributed by atoms with Crippen molar-refractivity contribution in [1.29, 1.82) is 0 Å². The maximum atomic E-state index is 10.8. The molecule has 1 rings (SSSR count). The van der Waals surface area contributed by atoms with Crippen LogP contribution in [0.15, 0.2) is 0 Å². The number of nitrogens with two attached hydrogens (primary N) is 1. The van der Waals surface area contributed by atoms with Crippen LogP contribution in [0.4, 0.5) is 0 Å². The predicted octanol–water partition coefficient (Wildman–Crippen LogP) is -0.914. The Labute approximate surface area is 71.1 Å². The molecule has 3 N–H and O–H groups in total. The molecule has 1 fully saturated rings. The number of Topliss-reactive ketones (excluding diaryl/α,β-unsaturated/α-hetero) is 1. The first kappa shape index (κ1) is 10.8. The molecule has 1 heterocycles. The Balaban J connectivity index is 0.000001000. The Kier molecular flexibility index (Phi) is 4.60. The van der Waals surface area contributed by atoms with Crippen LogP contribution >= 0.6 is 12.4 Å². The van der Waals surface area contributed by atoms with E-state index in [0.29, 0.717) is 0 Å². The Bertz CT molecular complexity index is 142. The highest BCUT2D eigenvalue weighted by molar-refractivity contribution is 5.85. The molecule has 0 radical (unpaired) electrons. The summed E-state index contributed by atoms with van der Waals surface area (Å²) in [5.41, 5.74) is 5.34. The molecular weight excluding hydrogens is 170 g/mol. The maximum absolute atomic E-state index is 10.8. The number of carbonyl (C=O) groups excluding carboxylic acids is 1. The summed E-state index contributed by atoms with van der Waals surface area (Å²) in [7, 11) is 0. The molecule has 4 nitrogen and oxygen atoms in total. The fraction of sp³-hybridized carbons (Fsp3) is 0.833. The first-order valence-electron chi connectivity index (χ1n) is 3.25. The van der Waals surface area contributed by atoms with Gasteiger partial charge < -0.3 is 15.6 Å². The lowest BCUT2D eigenvalue weighted by Gasteiger charge is -2.23. The molecule has 0 saturated carbocycles. The van der Waals surface area contributed by atoms with Gasteiger partial charge in [-0.05, 0) is 0 Å². The number of ether oxygens (including phenoxy) is 1. The number of hydrogen-bond donors (Lipinski definition) is 2. The molecule has 0 bridgehead atoms. The zero-order valence-electron chi connectivity index (χ0n) is 6.03. The van der Waals surface area contributed by atoms with Gasteiger partial charge in [-0.1, -0.05) is 0 Å². The minimum Gasteiger partial charge on any atom is -0.394 e. The molecule has 2 atom stereocenters. The highest BCUT2D eigenvalue weighted by Crippen LogP contribution is 2.07. The van der Waals surface area contributed by atoms with E-state index in [1.165, 1.54) is 0 Å². The average molecular weight is 182 g/mol. The van der Waals surface area contributed by atoms with E-state index in [9.17, 15) is 4.79 Å². The summed E-state index contributed by atoms with van der Waals surface area (Å²) in [5.74, 6) is -0.0229. The summed E-state index contributed by atoms with van der Waals surface area (Å²) in [6.07, 6.45) is -0.0789. The van der Waals surface area contributed by atoms with Gasteiger partial charge in [0.25, 0.3) is 0 Å². The van der Waals surface area contributed by atoms with Gasteiger partial charge >= 0.3 is 0 Å². The van der Waals surface area contributed by atoms with Gasteiger partial charge in [-0.25, -0.2) is 0 Å². The SMILES string of the molecule is Cl.NC1CO[C@H](CO)CC1=O. The summed E-state index contributed by atoms with van der Waals surface area (Å²) in [5, 5.41) is 8.58. The van der Waals surface area contributed by atoms with E-state index in [1.807, 2.05) is 0 Å². The zero-order chi connectivity index (χ0) is 7.56. The number of hydrogen-bond acceptors (Lipinski definition) is 4. The van der Waals surface area contributed by atoms with Gasteiger partial charge in [0.2, 0.25) is 0 Å². The molecule has 11 heavy (non-hydrogen) atoms. The van der Waals surface area contributed by atoms with Crippen LogP contribution in [-0.4, -0.2) is 36.2 Å². The molecule has 0 aliphatic carbocycles. The van der Waals surface area contributed by atoms with E-state index in [1.54, 1.807) is 0 Å². The van der Waals surface area contributed by atoms with Gasteiger partial charge in [0.05, 0.1) is 25.4 Å². The number of ketones is 1. The minimum absolute atomic E-state index is 0. The van der Waals surface area contributed by atoms with Crippen LogP contribution in [0.2, 0.25) is 0 Å². The van der Waals surface area contributed by atoms with Crippen LogP contribution in [0.1, 0.15) is 6.42 Å². The fourth-order valence-electron chi connectivity index (χ4n) is 0.885. The third-order valence-electron chi connectivity index (χ3n) is 1.56. The van der Waals surface area contributed by atoms with E-state index in [-0.39, 0.29) is 43.9 Å². The van der Waals surface area contributed by atoms with Gasteiger partial charge in [-0.15, -0.1) is 12.4 Å². The maximum Gasteiger partial charge on any atom is 0.154 e. The van der Waals surface area contributed by atoms with Crippen molar-refractivity contribution in [3.8, 4) is 0 Å². The quantitative estimate of drug-likeness (QED) is 0.549. The van der Waals surface area contributed by atoms with Crippen molar-refractivity contribution >= 4 is 18.2 Å². The van der Waals surface area contributed by atoms with Crippen molar-refractivity contribution in [2.24, 2.45) is 5.73 Å². The first-order chi connectivity index (χ1) is 4.74. The number of halogens is 1. The van der Waals surface area contributed by atoms with Gasteiger partial charge in [0.1, 0.15) is 0 Å². The largest absolute Gasteiger partial charge is 0.394 e. The van der Waals surface area contributed by atoms with Crippen molar-refractivity contribution in [3.63, 3.8) is 0 Å². The zero-order valence-corrected chi connectivity index (χ0v) is 6.84. The van der Waals surface area contributed by atoms with Crippen LogP contribution in [0, 0.1) is 0 Å². The lowest BCUT2D eigenvalue weighted by atomic mass is 10.1. The normalized spacial score (nSPS) is 31.3. The van der Waals surface area contributed by atoms with Gasteiger partial charge in [0.15, 0.2) is 5.78 Å². The number of rotatable bonds is 1. The van der Waals surface area contributed by atoms with Crippen LogP contribution in [0.25, 0.3) is 0 Å².